The van der Waals surface area contributed by atoms with E-state index >= 15 is 0 Å². The summed E-state index contributed by atoms with van der Waals surface area (Å²) in [5.41, 5.74) is 1.52. The van der Waals surface area contributed by atoms with E-state index in [1.807, 2.05) is 29.2 Å². The van der Waals surface area contributed by atoms with E-state index in [2.05, 4.69) is 41.3 Å². The van der Waals surface area contributed by atoms with E-state index in [1.54, 1.807) is 26.8 Å². The Kier molecular flexibility index (Phi) is 8.11. The van der Waals surface area contributed by atoms with E-state index in [-0.39, 0.29) is 34.8 Å². The molecule has 1 aromatic carbocycles. The number of ether oxygens (including phenoxy) is 1. The van der Waals surface area contributed by atoms with Crippen molar-refractivity contribution < 1.29 is 14.3 Å². The fourth-order valence-electron chi connectivity index (χ4n) is 5.02. The predicted molar refractivity (Wildman–Crippen MR) is 149 cm³/mol. The van der Waals surface area contributed by atoms with Gasteiger partial charge in [0.05, 0.1) is 17.4 Å². The highest BCUT2D eigenvalue weighted by atomic mass is 35.5. The van der Waals surface area contributed by atoms with E-state index < -0.39 is 17.5 Å². The molecule has 2 N–H and O–H groups in total. The minimum absolute atomic E-state index is 0.00473. The Bertz CT molecular complexity index is 1450. The van der Waals surface area contributed by atoms with Crippen molar-refractivity contribution in [1.82, 2.24) is 25.4 Å². The summed E-state index contributed by atoms with van der Waals surface area (Å²) in [6.45, 7) is 11.5. The topological polar surface area (TPSA) is 117 Å². The first-order valence-corrected chi connectivity index (χ1v) is 13.3. The summed E-state index contributed by atoms with van der Waals surface area (Å²) >= 11 is 6.26. The van der Waals surface area contributed by atoms with Gasteiger partial charge in [-0.1, -0.05) is 44.5 Å². The molecule has 4 rings (SSSR count). The normalized spacial score (nSPS) is 18.1. The Morgan fingerprint density at radius 1 is 1.13 bits per heavy atom. The highest BCUT2D eigenvalue weighted by molar-refractivity contribution is 6.30. The predicted octanol–water partition coefficient (Wildman–Crippen LogP) is 5.12. The van der Waals surface area contributed by atoms with Gasteiger partial charge in [-0.15, -0.1) is 0 Å². The van der Waals surface area contributed by atoms with Crippen molar-refractivity contribution in [3.05, 3.63) is 80.5 Å². The second kappa shape index (κ2) is 11.2. The molecular weight excluding hydrogens is 518 g/mol. The van der Waals surface area contributed by atoms with Crippen LogP contribution in [0.5, 0.6) is 11.5 Å². The largest absolute Gasteiger partial charge is 0.450 e. The molecule has 2 unspecified atom stereocenters. The molecule has 1 aliphatic heterocycles. The van der Waals surface area contributed by atoms with Crippen LogP contribution in [0.2, 0.25) is 5.02 Å². The van der Waals surface area contributed by atoms with Crippen LogP contribution in [0.1, 0.15) is 74.0 Å². The highest BCUT2D eigenvalue weighted by Gasteiger charge is 2.44. The summed E-state index contributed by atoms with van der Waals surface area (Å²) < 4.78 is 5.70. The lowest BCUT2D eigenvalue weighted by molar-refractivity contribution is -0.138. The van der Waals surface area contributed by atoms with Crippen LogP contribution in [-0.2, 0) is 4.79 Å². The van der Waals surface area contributed by atoms with E-state index in [0.29, 0.717) is 22.2 Å². The number of nitrogens with one attached hydrogen (secondary N) is 2. The molecule has 3 heterocycles. The molecule has 0 radical (unpaired) electrons. The summed E-state index contributed by atoms with van der Waals surface area (Å²) in [6.07, 6.45) is 1.67. The average molecular weight is 552 g/mol. The number of aromatic nitrogens is 3. The number of pyridine rings is 1. The second-order valence-corrected chi connectivity index (χ2v) is 11.5. The van der Waals surface area contributed by atoms with Gasteiger partial charge in [0.2, 0.25) is 5.91 Å². The van der Waals surface area contributed by atoms with Crippen molar-refractivity contribution in [1.29, 1.82) is 0 Å². The number of rotatable bonds is 6. The Morgan fingerprint density at radius 2 is 1.87 bits per heavy atom. The van der Waals surface area contributed by atoms with Gasteiger partial charge in [-0.2, -0.15) is 5.10 Å². The number of likely N-dealkylation sites (tertiary alicyclic amines) is 1. The number of halogens is 1. The van der Waals surface area contributed by atoms with Gasteiger partial charge < -0.3 is 15.0 Å². The van der Waals surface area contributed by atoms with Gasteiger partial charge in [0.15, 0.2) is 5.75 Å². The fraction of sp³-hybridized carbons (Fsp3) is 0.414. The van der Waals surface area contributed by atoms with Crippen LogP contribution < -0.4 is 15.6 Å². The third-order valence-corrected chi connectivity index (χ3v) is 7.21. The molecule has 1 fully saturated rings. The smallest absolute Gasteiger partial charge is 0.307 e. The minimum Gasteiger partial charge on any atom is -0.450 e. The average Bonchev–Trinajstić information content (AvgIpc) is 3.33. The third-order valence-electron chi connectivity index (χ3n) is 6.98. The van der Waals surface area contributed by atoms with E-state index in [9.17, 15) is 14.4 Å². The number of carbonyl (C=O) groups excluding carboxylic acids is 2. The molecule has 10 heteroatoms. The van der Waals surface area contributed by atoms with Crippen molar-refractivity contribution in [3.8, 4) is 11.5 Å². The van der Waals surface area contributed by atoms with Gasteiger partial charge in [0.1, 0.15) is 17.5 Å². The molecule has 39 heavy (non-hydrogen) atoms. The fourth-order valence-corrected chi connectivity index (χ4v) is 5.22. The van der Waals surface area contributed by atoms with Crippen molar-refractivity contribution >= 4 is 23.4 Å². The summed E-state index contributed by atoms with van der Waals surface area (Å²) in [5, 5.41) is 9.64. The number of H-pyrrole nitrogens is 1. The Hall–Kier alpha value is -3.72. The van der Waals surface area contributed by atoms with Gasteiger partial charge >= 0.3 is 5.56 Å². The first-order chi connectivity index (χ1) is 18.3. The maximum absolute atomic E-state index is 13.8. The molecule has 9 nitrogen and oxygen atoms in total. The van der Waals surface area contributed by atoms with Gasteiger partial charge in [0.25, 0.3) is 5.91 Å². The number of benzene rings is 1. The van der Waals surface area contributed by atoms with Crippen molar-refractivity contribution in [2.75, 3.05) is 0 Å². The molecule has 3 aromatic rings. The Labute approximate surface area is 232 Å². The van der Waals surface area contributed by atoms with E-state index in [0.717, 1.165) is 18.4 Å². The maximum atomic E-state index is 13.8. The van der Waals surface area contributed by atoms with Gasteiger partial charge in [-0.05, 0) is 68.9 Å². The van der Waals surface area contributed by atoms with Crippen LogP contribution in [0, 0.1) is 19.3 Å². The molecule has 2 amide bonds. The van der Waals surface area contributed by atoms with Gasteiger partial charge in [0, 0.05) is 17.1 Å². The first kappa shape index (κ1) is 28.3. The zero-order valence-electron chi connectivity index (χ0n) is 23.0. The van der Waals surface area contributed by atoms with Crippen LogP contribution in [0.3, 0.4) is 0 Å². The third kappa shape index (κ3) is 6.30. The highest BCUT2D eigenvalue weighted by Crippen LogP contribution is 2.43. The zero-order valence-corrected chi connectivity index (χ0v) is 23.8. The molecule has 0 spiro atoms. The van der Waals surface area contributed by atoms with Crippen LogP contribution in [0.25, 0.3) is 0 Å². The molecule has 1 aliphatic rings. The SMILES string of the molecule is Cc1cc(Oc2ccc(C(=O)N[C@H](C)C(=O)N3C(c4cccc(Cl)c4)CCC3C(C)(C)C)nc2C)c(=O)[nH]n1. The van der Waals surface area contributed by atoms with E-state index in [4.69, 9.17) is 16.3 Å². The molecule has 2 aromatic heterocycles. The van der Waals surface area contributed by atoms with Crippen LogP contribution in [0.4, 0.5) is 0 Å². The number of nitrogens with zero attached hydrogens (tertiary/aromatic N) is 3. The molecule has 1 saturated heterocycles. The van der Waals surface area contributed by atoms with E-state index in [1.165, 1.54) is 12.1 Å². The Balaban J connectivity index is 1.51. The van der Waals surface area contributed by atoms with Crippen molar-refractivity contribution in [2.24, 2.45) is 5.41 Å². The molecule has 0 saturated carbocycles. The van der Waals surface area contributed by atoms with Gasteiger partial charge in [-0.3, -0.25) is 14.4 Å². The van der Waals surface area contributed by atoms with Crippen molar-refractivity contribution in [3.63, 3.8) is 0 Å². The Morgan fingerprint density at radius 3 is 2.54 bits per heavy atom. The number of carbonyl (C=O) groups is 2. The number of aromatic amines is 1. The van der Waals surface area contributed by atoms with Gasteiger partial charge in [-0.25, -0.2) is 10.1 Å². The molecule has 0 bridgehead atoms. The lowest BCUT2D eigenvalue weighted by Gasteiger charge is -2.39. The summed E-state index contributed by atoms with van der Waals surface area (Å²) in [5.74, 6) is -0.220. The quantitative estimate of drug-likeness (QED) is 0.439. The van der Waals surface area contributed by atoms with Crippen molar-refractivity contribution in [2.45, 2.75) is 72.5 Å². The molecule has 3 atom stereocenters. The zero-order chi connectivity index (χ0) is 28.5. The van der Waals surface area contributed by atoms with Crippen LogP contribution >= 0.6 is 11.6 Å². The molecular formula is C29H34ClN5O4. The number of aryl methyl sites for hydroxylation is 2. The lowest BCUT2D eigenvalue weighted by Crippen LogP contribution is -2.52. The number of hydrogen-bond acceptors (Lipinski definition) is 6. The lowest BCUT2D eigenvalue weighted by atomic mass is 9.85. The first-order valence-electron chi connectivity index (χ1n) is 13.0. The summed E-state index contributed by atoms with van der Waals surface area (Å²) in [7, 11) is 0. The van der Waals surface area contributed by atoms with Crippen LogP contribution in [-0.4, -0.2) is 44.0 Å². The van der Waals surface area contributed by atoms with Crippen LogP contribution in [0.15, 0.2) is 47.3 Å². The summed E-state index contributed by atoms with van der Waals surface area (Å²) in [6, 6.07) is 11.3. The maximum Gasteiger partial charge on any atom is 0.307 e. The molecule has 206 valence electrons. The molecule has 0 aliphatic carbocycles. The monoisotopic (exact) mass is 551 g/mol. The number of amides is 2. The summed E-state index contributed by atoms with van der Waals surface area (Å²) in [4.78, 5) is 45.2. The minimum atomic E-state index is -0.779. The second-order valence-electron chi connectivity index (χ2n) is 11.1. The number of hydrogen-bond donors (Lipinski definition) is 2. The standard InChI is InChI=1S/C29H34ClN5O4/c1-16-14-24(27(37)34-33-16)39-23-12-10-21(31-17(23)2)26(36)32-18(3)28(38)35-22(11-13-25(35)29(4,5)6)19-8-7-9-20(30)15-19/h7-10,12,14-15,18,22,25H,11,13H2,1-6H3,(H,32,36)(H,34,37)/t18-,22?,25?/m1/s1.